The van der Waals surface area contributed by atoms with Gasteiger partial charge in [-0.25, -0.2) is 0 Å². The molecule has 1 unspecified atom stereocenters. The Labute approximate surface area is 136 Å². The molecule has 112 valence electrons. The predicted molar refractivity (Wildman–Crippen MR) is 89.6 cm³/mol. The first-order valence-electron chi connectivity index (χ1n) is 6.98. The second-order valence-electron chi connectivity index (χ2n) is 4.83. The van der Waals surface area contributed by atoms with E-state index in [-0.39, 0.29) is 6.04 Å². The van der Waals surface area contributed by atoms with Gasteiger partial charge in [-0.05, 0) is 48.4 Å². The van der Waals surface area contributed by atoms with Gasteiger partial charge >= 0.3 is 0 Å². The van der Waals surface area contributed by atoms with Gasteiger partial charge in [0.1, 0.15) is 5.75 Å². The summed E-state index contributed by atoms with van der Waals surface area (Å²) in [5.74, 6) is 0.834. The minimum atomic E-state index is 0.0183. The van der Waals surface area contributed by atoms with Crippen molar-refractivity contribution in [1.82, 2.24) is 5.32 Å². The average Bonchev–Trinajstić information content (AvgIpc) is 2.49. The molecule has 4 heteroatoms. The molecule has 1 N–H and O–H groups in total. The molecule has 0 spiro atoms. The molecule has 0 bridgehead atoms. The third-order valence-electron chi connectivity index (χ3n) is 3.30. The topological polar surface area (TPSA) is 21.3 Å². The molecule has 2 rings (SSSR count). The number of hydrogen-bond donors (Lipinski definition) is 1. The van der Waals surface area contributed by atoms with Gasteiger partial charge in [-0.2, -0.15) is 0 Å². The number of benzene rings is 2. The minimum Gasteiger partial charge on any atom is -0.497 e. The van der Waals surface area contributed by atoms with E-state index >= 15 is 0 Å². The maximum atomic E-state index is 6.37. The number of halogens is 2. The molecule has 21 heavy (non-hydrogen) atoms. The quantitative estimate of drug-likeness (QED) is 0.799. The fourth-order valence-corrected chi connectivity index (χ4v) is 2.77. The molecule has 0 aliphatic heterocycles. The Kier molecular flexibility index (Phi) is 5.92. The van der Waals surface area contributed by atoms with Crippen molar-refractivity contribution in [3.63, 3.8) is 0 Å². The van der Waals surface area contributed by atoms with Gasteiger partial charge in [0, 0.05) is 10.0 Å². The summed E-state index contributed by atoms with van der Waals surface area (Å²) in [6.45, 7) is 3.04. The Balaban J connectivity index is 2.41. The lowest BCUT2D eigenvalue weighted by atomic mass is 9.98. The molecule has 0 aliphatic rings. The van der Waals surface area contributed by atoms with Crippen LogP contribution in [0, 0.1) is 0 Å². The highest BCUT2D eigenvalue weighted by molar-refractivity contribution is 6.35. The van der Waals surface area contributed by atoms with Crippen LogP contribution in [0.5, 0.6) is 5.75 Å². The van der Waals surface area contributed by atoms with Crippen LogP contribution in [0.3, 0.4) is 0 Å². The van der Waals surface area contributed by atoms with Crippen LogP contribution in [0.2, 0.25) is 10.0 Å². The molecule has 2 aromatic carbocycles. The lowest BCUT2D eigenvalue weighted by Crippen LogP contribution is -2.23. The largest absolute Gasteiger partial charge is 0.497 e. The molecule has 2 nitrogen and oxygen atoms in total. The SMILES string of the molecule is CCCNC(c1cccc(OC)c1)c1ccc(Cl)cc1Cl. The summed E-state index contributed by atoms with van der Waals surface area (Å²) in [6, 6.07) is 13.6. The van der Waals surface area contributed by atoms with Crippen molar-refractivity contribution in [3.05, 3.63) is 63.6 Å². The van der Waals surface area contributed by atoms with Crippen molar-refractivity contribution in [2.75, 3.05) is 13.7 Å². The molecule has 1 atom stereocenters. The highest BCUT2D eigenvalue weighted by atomic mass is 35.5. The number of methoxy groups -OCH3 is 1. The second-order valence-corrected chi connectivity index (χ2v) is 5.67. The van der Waals surface area contributed by atoms with Gasteiger partial charge in [-0.3, -0.25) is 0 Å². The highest BCUT2D eigenvalue weighted by Gasteiger charge is 2.17. The maximum absolute atomic E-state index is 6.37. The van der Waals surface area contributed by atoms with Gasteiger partial charge < -0.3 is 10.1 Å². The van der Waals surface area contributed by atoms with Crippen LogP contribution in [0.4, 0.5) is 0 Å². The molecule has 0 saturated carbocycles. The zero-order chi connectivity index (χ0) is 15.2. The lowest BCUT2D eigenvalue weighted by molar-refractivity contribution is 0.413. The van der Waals surface area contributed by atoms with Gasteiger partial charge in [-0.15, -0.1) is 0 Å². The van der Waals surface area contributed by atoms with Crippen molar-refractivity contribution in [2.45, 2.75) is 19.4 Å². The highest BCUT2D eigenvalue weighted by Crippen LogP contribution is 2.31. The first kappa shape index (κ1) is 16.2. The number of ether oxygens (including phenoxy) is 1. The summed E-state index contributed by atoms with van der Waals surface area (Å²) < 4.78 is 5.31. The Morgan fingerprint density at radius 3 is 2.62 bits per heavy atom. The molecule has 0 aromatic heterocycles. The molecule has 0 amide bonds. The fourth-order valence-electron chi connectivity index (χ4n) is 2.25. The van der Waals surface area contributed by atoms with Gasteiger partial charge in [0.2, 0.25) is 0 Å². The van der Waals surface area contributed by atoms with Gasteiger partial charge in [-0.1, -0.05) is 48.3 Å². The van der Waals surface area contributed by atoms with Crippen LogP contribution in [-0.4, -0.2) is 13.7 Å². The zero-order valence-electron chi connectivity index (χ0n) is 12.2. The molecular weight excluding hydrogens is 305 g/mol. The normalized spacial score (nSPS) is 12.2. The fraction of sp³-hybridized carbons (Fsp3) is 0.294. The van der Waals surface area contributed by atoms with E-state index in [0.29, 0.717) is 10.0 Å². The number of nitrogens with one attached hydrogen (secondary N) is 1. The summed E-state index contributed by atoms with van der Waals surface area (Å²) in [7, 11) is 1.67. The number of hydrogen-bond acceptors (Lipinski definition) is 2. The van der Waals surface area contributed by atoms with Crippen LogP contribution >= 0.6 is 23.2 Å². The average molecular weight is 324 g/mol. The van der Waals surface area contributed by atoms with Crippen LogP contribution in [0.25, 0.3) is 0 Å². The van der Waals surface area contributed by atoms with E-state index < -0.39 is 0 Å². The smallest absolute Gasteiger partial charge is 0.119 e. The summed E-state index contributed by atoms with van der Waals surface area (Å²) in [6.07, 6.45) is 1.05. The van der Waals surface area contributed by atoms with E-state index in [1.165, 1.54) is 0 Å². The zero-order valence-corrected chi connectivity index (χ0v) is 13.7. The van der Waals surface area contributed by atoms with E-state index in [9.17, 15) is 0 Å². The van der Waals surface area contributed by atoms with E-state index in [0.717, 1.165) is 29.8 Å². The van der Waals surface area contributed by atoms with E-state index in [2.05, 4.69) is 18.3 Å². The molecule has 0 heterocycles. The van der Waals surface area contributed by atoms with Crippen LogP contribution in [-0.2, 0) is 0 Å². The van der Waals surface area contributed by atoms with Gasteiger partial charge in [0.05, 0.1) is 13.2 Å². The van der Waals surface area contributed by atoms with Crippen molar-refractivity contribution < 1.29 is 4.74 Å². The first-order valence-corrected chi connectivity index (χ1v) is 7.73. The van der Waals surface area contributed by atoms with Crippen molar-refractivity contribution >= 4 is 23.2 Å². The van der Waals surface area contributed by atoms with E-state index in [1.807, 2.05) is 30.3 Å². The lowest BCUT2D eigenvalue weighted by Gasteiger charge is -2.21. The predicted octanol–water partition coefficient (Wildman–Crippen LogP) is 5.09. The maximum Gasteiger partial charge on any atom is 0.119 e. The Morgan fingerprint density at radius 1 is 1.14 bits per heavy atom. The minimum absolute atomic E-state index is 0.0183. The van der Waals surface area contributed by atoms with E-state index in [1.54, 1.807) is 13.2 Å². The molecule has 0 saturated heterocycles. The summed E-state index contributed by atoms with van der Waals surface area (Å²) >= 11 is 12.4. The monoisotopic (exact) mass is 323 g/mol. The van der Waals surface area contributed by atoms with Crippen molar-refractivity contribution in [3.8, 4) is 5.75 Å². The van der Waals surface area contributed by atoms with Gasteiger partial charge in [0.15, 0.2) is 0 Å². The third-order valence-corrected chi connectivity index (χ3v) is 3.86. The summed E-state index contributed by atoms with van der Waals surface area (Å²) in [5, 5.41) is 4.84. The Morgan fingerprint density at radius 2 is 1.95 bits per heavy atom. The third kappa shape index (κ3) is 4.13. The molecule has 0 aliphatic carbocycles. The standard InChI is InChI=1S/C17H19Cl2NO/c1-3-9-20-17(12-5-4-6-14(10-12)21-2)15-8-7-13(18)11-16(15)19/h4-8,10-11,17,20H,3,9H2,1-2H3. The Hall–Kier alpha value is -1.22. The van der Waals surface area contributed by atoms with Crippen molar-refractivity contribution in [1.29, 1.82) is 0 Å². The second kappa shape index (κ2) is 7.69. The van der Waals surface area contributed by atoms with Crippen LogP contribution in [0.1, 0.15) is 30.5 Å². The first-order chi connectivity index (χ1) is 10.2. The Bertz CT molecular complexity index is 601. The summed E-state index contributed by atoms with van der Waals surface area (Å²) in [5.41, 5.74) is 2.13. The van der Waals surface area contributed by atoms with Crippen LogP contribution in [0.15, 0.2) is 42.5 Å². The van der Waals surface area contributed by atoms with Crippen LogP contribution < -0.4 is 10.1 Å². The molecule has 0 radical (unpaired) electrons. The number of rotatable bonds is 6. The summed E-state index contributed by atoms with van der Waals surface area (Å²) in [4.78, 5) is 0. The van der Waals surface area contributed by atoms with E-state index in [4.69, 9.17) is 27.9 Å². The molecule has 2 aromatic rings. The molecule has 0 fully saturated rings. The van der Waals surface area contributed by atoms with Crippen molar-refractivity contribution in [2.24, 2.45) is 0 Å². The van der Waals surface area contributed by atoms with Gasteiger partial charge in [0.25, 0.3) is 0 Å². The molecular formula is C17H19Cl2NO.